The van der Waals surface area contributed by atoms with Gasteiger partial charge in [-0.25, -0.2) is 0 Å². The van der Waals surface area contributed by atoms with Crippen LogP contribution in [0.15, 0.2) is 65.2 Å². The predicted octanol–water partition coefficient (Wildman–Crippen LogP) is 3.66. The Morgan fingerprint density at radius 3 is 2.43 bits per heavy atom. The molecule has 0 aliphatic rings. The molecule has 0 bridgehead atoms. The molecular weight excluding hydrogens is 376 g/mol. The van der Waals surface area contributed by atoms with Crippen molar-refractivity contribution >= 4 is 35.0 Å². The smallest absolute Gasteiger partial charge is 0.305 e. The molecule has 0 aliphatic heterocycles. The van der Waals surface area contributed by atoms with Gasteiger partial charge in [0.1, 0.15) is 11.3 Å². The largest absolute Gasteiger partial charge is 0.451 e. The van der Waals surface area contributed by atoms with Crippen molar-refractivity contribution in [1.29, 1.82) is 0 Å². The van der Waals surface area contributed by atoms with E-state index >= 15 is 0 Å². The quantitative estimate of drug-likeness (QED) is 0.366. The number of aryl methyl sites for hydroxylation is 1. The van der Waals surface area contributed by atoms with Crippen molar-refractivity contribution in [3.05, 3.63) is 82.6 Å². The van der Waals surface area contributed by atoms with E-state index in [4.69, 9.17) is 16.6 Å². The first-order valence-electron chi connectivity index (χ1n) is 8.51. The SMILES string of the molecule is Cc1c(C(=O)NNC(=O)c2c[nH]c(=S)n2-c2ccccc2)oc2ccccc12. The normalized spacial score (nSPS) is 10.8. The van der Waals surface area contributed by atoms with Crippen LogP contribution < -0.4 is 10.9 Å². The average Bonchev–Trinajstić information content (AvgIpc) is 3.27. The number of fused-ring (bicyclic) bond motifs is 1. The highest BCUT2D eigenvalue weighted by molar-refractivity contribution is 7.71. The summed E-state index contributed by atoms with van der Waals surface area (Å²) >= 11 is 5.27. The average molecular weight is 392 g/mol. The Hall–Kier alpha value is -3.65. The molecule has 0 fully saturated rings. The number of amides is 2. The number of hydrazine groups is 1. The lowest BCUT2D eigenvalue weighted by molar-refractivity contribution is 0.0828. The number of rotatable bonds is 3. The summed E-state index contributed by atoms with van der Waals surface area (Å²) in [5.74, 6) is -0.906. The molecule has 3 N–H and O–H groups in total. The molecule has 2 aromatic heterocycles. The number of aromatic nitrogens is 2. The van der Waals surface area contributed by atoms with E-state index in [0.29, 0.717) is 15.9 Å². The van der Waals surface area contributed by atoms with Gasteiger partial charge in [-0.1, -0.05) is 36.4 Å². The van der Waals surface area contributed by atoms with Crippen molar-refractivity contribution in [2.75, 3.05) is 0 Å². The maximum absolute atomic E-state index is 12.6. The lowest BCUT2D eigenvalue weighted by Crippen LogP contribution is -2.42. The zero-order valence-electron chi connectivity index (χ0n) is 14.9. The van der Waals surface area contributed by atoms with Crippen LogP contribution in [0.1, 0.15) is 26.6 Å². The Morgan fingerprint density at radius 1 is 1.00 bits per heavy atom. The van der Waals surface area contributed by atoms with E-state index in [1.54, 1.807) is 17.6 Å². The summed E-state index contributed by atoms with van der Waals surface area (Å²) in [6.45, 7) is 1.79. The number of aromatic amines is 1. The minimum absolute atomic E-state index is 0.149. The number of nitrogens with zero attached hydrogens (tertiary/aromatic N) is 1. The minimum Gasteiger partial charge on any atom is -0.451 e. The van der Waals surface area contributed by atoms with Crippen LogP contribution in [0.25, 0.3) is 16.7 Å². The van der Waals surface area contributed by atoms with Gasteiger partial charge >= 0.3 is 5.91 Å². The number of H-pyrrole nitrogens is 1. The summed E-state index contributed by atoms with van der Waals surface area (Å²) in [7, 11) is 0. The van der Waals surface area contributed by atoms with Crippen LogP contribution >= 0.6 is 12.2 Å². The fraction of sp³-hybridized carbons (Fsp3) is 0.0500. The van der Waals surface area contributed by atoms with Gasteiger partial charge in [0.25, 0.3) is 5.91 Å². The summed E-state index contributed by atoms with van der Waals surface area (Å²) < 4.78 is 7.56. The third kappa shape index (κ3) is 3.10. The maximum atomic E-state index is 12.6. The third-order valence-electron chi connectivity index (χ3n) is 4.36. The van der Waals surface area contributed by atoms with Crippen LogP contribution in [0.3, 0.4) is 0 Å². The Labute approximate surface area is 165 Å². The Balaban J connectivity index is 1.54. The zero-order chi connectivity index (χ0) is 19.7. The second kappa shape index (κ2) is 7.16. The highest BCUT2D eigenvalue weighted by Crippen LogP contribution is 2.24. The first-order valence-corrected chi connectivity index (χ1v) is 8.92. The number of nitrogens with one attached hydrogen (secondary N) is 3. The van der Waals surface area contributed by atoms with E-state index in [0.717, 1.165) is 11.1 Å². The Morgan fingerprint density at radius 2 is 1.68 bits per heavy atom. The van der Waals surface area contributed by atoms with Crippen LogP contribution in [0.5, 0.6) is 0 Å². The highest BCUT2D eigenvalue weighted by atomic mass is 32.1. The van der Waals surface area contributed by atoms with Crippen LogP contribution in [0.2, 0.25) is 0 Å². The number of benzene rings is 2. The first kappa shape index (κ1) is 17.7. The lowest BCUT2D eigenvalue weighted by Gasteiger charge is -2.09. The molecule has 28 heavy (non-hydrogen) atoms. The van der Waals surface area contributed by atoms with Crippen LogP contribution in [0.4, 0.5) is 0 Å². The molecule has 2 amide bonds. The summed E-state index contributed by atoms with van der Waals surface area (Å²) in [5.41, 5.74) is 7.11. The number of para-hydroxylation sites is 2. The van der Waals surface area contributed by atoms with Crippen molar-refractivity contribution < 1.29 is 14.0 Å². The molecule has 0 saturated carbocycles. The number of imidazole rings is 1. The first-order chi connectivity index (χ1) is 13.6. The Kier molecular flexibility index (Phi) is 4.54. The zero-order valence-corrected chi connectivity index (χ0v) is 15.7. The number of hydrogen-bond acceptors (Lipinski definition) is 4. The summed E-state index contributed by atoms with van der Waals surface area (Å²) in [5, 5.41) is 0.849. The molecule has 7 nitrogen and oxygen atoms in total. The molecule has 4 aromatic rings. The van der Waals surface area contributed by atoms with Gasteiger partial charge in [-0.3, -0.25) is 25.0 Å². The number of furan rings is 1. The number of carbonyl (C=O) groups is 2. The topological polar surface area (TPSA) is 92.1 Å². The standard InChI is InChI=1S/C20H16N4O3S/c1-12-14-9-5-6-10-16(14)27-17(12)19(26)23-22-18(25)15-11-21-20(28)24(15)13-7-3-2-4-8-13/h2-11H,1H3,(H,21,28)(H,22,25)(H,23,26). The van der Waals surface area contributed by atoms with Gasteiger partial charge in [0.05, 0.1) is 0 Å². The predicted molar refractivity (Wildman–Crippen MR) is 107 cm³/mol. The van der Waals surface area contributed by atoms with Crippen molar-refractivity contribution in [2.45, 2.75) is 6.92 Å². The molecule has 140 valence electrons. The fourth-order valence-electron chi connectivity index (χ4n) is 2.99. The van der Waals surface area contributed by atoms with E-state index in [2.05, 4.69) is 15.8 Å². The van der Waals surface area contributed by atoms with Crippen molar-refractivity contribution in [3.8, 4) is 5.69 Å². The van der Waals surface area contributed by atoms with E-state index < -0.39 is 11.8 Å². The molecule has 4 rings (SSSR count). The number of hydrogen-bond donors (Lipinski definition) is 3. The molecule has 0 unspecified atom stereocenters. The van der Waals surface area contributed by atoms with E-state index in [-0.39, 0.29) is 11.5 Å². The monoisotopic (exact) mass is 392 g/mol. The summed E-state index contributed by atoms with van der Waals surface area (Å²) in [6, 6.07) is 16.6. The van der Waals surface area contributed by atoms with Crippen molar-refractivity contribution in [3.63, 3.8) is 0 Å². The van der Waals surface area contributed by atoms with Crippen LogP contribution in [-0.4, -0.2) is 21.4 Å². The minimum atomic E-state index is -0.539. The molecule has 2 heterocycles. The molecule has 2 aromatic carbocycles. The van der Waals surface area contributed by atoms with Crippen LogP contribution in [0, 0.1) is 11.7 Å². The maximum Gasteiger partial charge on any atom is 0.305 e. The molecular formula is C20H16N4O3S. The molecule has 0 spiro atoms. The van der Waals surface area contributed by atoms with Gasteiger partial charge in [0, 0.05) is 22.8 Å². The molecule has 0 aliphatic carbocycles. The highest BCUT2D eigenvalue weighted by Gasteiger charge is 2.19. The van der Waals surface area contributed by atoms with E-state index in [1.165, 1.54) is 6.20 Å². The van der Waals surface area contributed by atoms with Gasteiger partial charge < -0.3 is 9.40 Å². The van der Waals surface area contributed by atoms with Gasteiger partial charge in [-0.2, -0.15) is 0 Å². The van der Waals surface area contributed by atoms with Gasteiger partial charge in [-0.05, 0) is 37.3 Å². The van der Waals surface area contributed by atoms with Gasteiger partial charge in [0.15, 0.2) is 10.5 Å². The van der Waals surface area contributed by atoms with Crippen molar-refractivity contribution in [2.24, 2.45) is 0 Å². The summed E-state index contributed by atoms with van der Waals surface area (Å²) in [6.07, 6.45) is 1.49. The Bertz CT molecular complexity index is 1240. The van der Waals surface area contributed by atoms with Gasteiger partial charge in [0.2, 0.25) is 0 Å². The van der Waals surface area contributed by atoms with Gasteiger partial charge in [-0.15, -0.1) is 0 Å². The second-order valence-electron chi connectivity index (χ2n) is 6.11. The summed E-state index contributed by atoms with van der Waals surface area (Å²) in [4.78, 5) is 27.9. The molecule has 0 atom stereocenters. The van der Waals surface area contributed by atoms with Crippen molar-refractivity contribution in [1.82, 2.24) is 20.4 Å². The van der Waals surface area contributed by atoms with E-state index in [1.807, 2.05) is 48.5 Å². The van der Waals surface area contributed by atoms with Crippen LogP contribution in [-0.2, 0) is 0 Å². The molecule has 0 saturated heterocycles. The van der Waals surface area contributed by atoms with E-state index in [9.17, 15) is 9.59 Å². The number of carbonyl (C=O) groups excluding carboxylic acids is 2. The lowest BCUT2D eigenvalue weighted by atomic mass is 10.1. The fourth-order valence-corrected chi connectivity index (χ4v) is 3.26. The third-order valence-corrected chi connectivity index (χ3v) is 4.66. The molecule has 0 radical (unpaired) electrons. The molecule has 8 heteroatoms. The second-order valence-corrected chi connectivity index (χ2v) is 6.50.